The van der Waals surface area contributed by atoms with Crippen LogP contribution in [0.3, 0.4) is 0 Å². The molecule has 1 aliphatic heterocycles. The van der Waals surface area contributed by atoms with Crippen LogP contribution < -0.4 is 5.73 Å². The number of piperidine rings is 1. The summed E-state index contributed by atoms with van der Waals surface area (Å²) in [4.78, 5) is 16.1. The molecule has 0 saturated carbocycles. The van der Waals surface area contributed by atoms with E-state index in [-0.39, 0.29) is 5.91 Å². The van der Waals surface area contributed by atoms with Crippen molar-refractivity contribution in [3.63, 3.8) is 0 Å². The summed E-state index contributed by atoms with van der Waals surface area (Å²) in [7, 11) is 3.63. The zero-order valence-electron chi connectivity index (χ0n) is 12.6. The minimum atomic E-state index is 0.209. The maximum absolute atomic E-state index is 11.9. The Morgan fingerprint density at radius 3 is 2.89 bits per heavy atom. The fourth-order valence-corrected chi connectivity index (χ4v) is 2.51. The van der Waals surface area contributed by atoms with Crippen molar-refractivity contribution in [3.8, 4) is 0 Å². The van der Waals surface area contributed by atoms with Crippen molar-refractivity contribution in [1.82, 2.24) is 9.80 Å². The molecule has 0 spiro atoms. The van der Waals surface area contributed by atoms with Gasteiger partial charge in [0.05, 0.1) is 6.10 Å². The van der Waals surface area contributed by atoms with Crippen molar-refractivity contribution in [3.05, 3.63) is 0 Å². The van der Waals surface area contributed by atoms with Crippen LogP contribution in [0.15, 0.2) is 0 Å². The molecule has 1 amide bonds. The van der Waals surface area contributed by atoms with Crippen LogP contribution >= 0.6 is 0 Å². The molecule has 1 fully saturated rings. The van der Waals surface area contributed by atoms with E-state index in [1.165, 1.54) is 0 Å². The predicted molar refractivity (Wildman–Crippen MR) is 76.9 cm³/mol. The van der Waals surface area contributed by atoms with Crippen LogP contribution in [0.25, 0.3) is 0 Å². The Bertz CT molecular complexity index is 273. The number of carbonyl (C=O) groups is 1. The molecule has 1 heterocycles. The molecule has 19 heavy (non-hydrogen) atoms. The van der Waals surface area contributed by atoms with Crippen LogP contribution in [-0.2, 0) is 9.53 Å². The van der Waals surface area contributed by atoms with Gasteiger partial charge in [0, 0.05) is 40.2 Å². The number of ether oxygens (including phenoxy) is 1. The fraction of sp³-hybridized carbons (Fsp3) is 0.929. The molecule has 1 saturated heterocycles. The van der Waals surface area contributed by atoms with E-state index in [4.69, 9.17) is 10.5 Å². The van der Waals surface area contributed by atoms with Gasteiger partial charge < -0.3 is 20.3 Å². The monoisotopic (exact) mass is 271 g/mol. The quantitative estimate of drug-likeness (QED) is 0.734. The summed E-state index contributed by atoms with van der Waals surface area (Å²) in [6, 6.07) is 0. The summed E-state index contributed by atoms with van der Waals surface area (Å²) >= 11 is 0. The fourth-order valence-electron chi connectivity index (χ4n) is 2.51. The molecule has 0 aromatic rings. The first kappa shape index (κ1) is 16.4. The van der Waals surface area contributed by atoms with Crippen LogP contribution in [0.5, 0.6) is 0 Å². The molecule has 1 rings (SSSR count). The molecule has 5 heteroatoms. The SMILES string of the molecule is COC1CN(CCC(=O)N(C)CCCN)CCC1C. The Morgan fingerprint density at radius 1 is 1.53 bits per heavy atom. The third-order valence-electron chi connectivity index (χ3n) is 4.04. The first-order chi connectivity index (χ1) is 9.08. The molecule has 1 aliphatic rings. The summed E-state index contributed by atoms with van der Waals surface area (Å²) < 4.78 is 5.49. The topological polar surface area (TPSA) is 58.8 Å². The number of hydrogen-bond acceptors (Lipinski definition) is 4. The maximum atomic E-state index is 11.9. The van der Waals surface area contributed by atoms with Crippen LogP contribution in [0.4, 0.5) is 0 Å². The number of rotatable bonds is 7. The molecule has 0 aromatic heterocycles. The average molecular weight is 271 g/mol. The first-order valence-corrected chi connectivity index (χ1v) is 7.27. The van der Waals surface area contributed by atoms with Crippen molar-refractivity contribution in [2.45, 2.75) is 32.3 Å². The lowest BCUT2D eigenvalue weighted by Crippen LogP contribution is -2.45. The highest BCUT2D eigenvalue weighted by Gasteiger charge is 2.26. The molecule has 0 radical (unpaired) electrons. The van der Waals surface area contributed by atoms with Gasteiger partial charge >= 0.3 is 0 Å². The van der Waals surface area contributed by atoms with Gasteiger partial charge in [-0.2, -0.15) is 0 Å². The number of methoxy groups -OCH3 is 1. The van der Waals surface area contributed by atoms with Crippen molar-refractivity contribution in [2.75, 3.05) is 46.9 Å². The van der Waals surface area contributed by atoms with Crippen LogP contribution in [0, 0.1) is 5.92 Å². The lowest BCUT2D eigenvalue weighted by atomic mass is 9.96. The van der Waals surface area contributed by atoms with E-state index < -0.39 is 0 Å². The third kappa shape index (κ3) is 5.47. The van der Waals surface area contributed by atoms with Gasteiger partial charge in [-0.1, -0.05) is 6.92 Å². The number of nitrogens with two attached hydrogens (primary N) is 1. The van der Waals surface area contributed by atoms with E-state index in [0.717, 1.165) is 39.0 Å². The Morgan fingerprint density at radius 2 is 2.26 bits per heavy atom. The van der Waals surface area contributed by atoms with E-state index in [1.807, 2.05) is 7.05 Å². The number of nitrogens with zero attached hydrogens (tertiary/aromatic N) is 2. The molecule has 112 valence electrons. The summed E-state index contributed by atoms with van der Waals surface area (Å²) in [6.45, 7) is 6.47. The lowest BCUT2D eigenvalue weighted by molar-refractivity contribution is -0.130. The predicted octanol–water partition coefficient (Wildman–Crippen LogP) is 0.541. The highest BCUT2D eigenvalue weighted by Crippen LogP contribution is 2.19. The van der Waals surface area contributed by atoms with Crippen molar-refractivity contribution in [1.29, 1.82) is 0 Å². The Labute approximate surface area is 117 Å². The largest absolute Gasteiger partial charge is 0.380 e. The second kappa shape index (κ2) is 8.51. The standard InChI is InChI=1S/C14H29N3O2/c1-12-5-9-17(11-13(12)19-3)10-6-14(18)16(2)8-4-7-15/h12-13H,4-11,15H2,1-3H3. The van der Waals surface area contributed by atoms with Gasteiger partial charge in [0.15, 0.2) is 0 Å². The van der Waals surface area contributed by atoms with Gasteiger partial charge in [-0.3, -0.25) is 4.79 Å². The maximum Gasteiger partial charge on any atom is 0.223 e. The third-order valence-corrected chi connectivity index (χ3v) is 4.04. The number of amides is 1. The van der Waals surface area contributed by atoms with E-state index in [0.29, 0.717) is 25.0 Å². The van der Waals surface area contributed by atoms with Gasteiger partial charge in [-0.05, 0) is 31.8 Å². The van der Waals surface area contributed by atoms with Crippen molar-refractivity contribution in [2.24, 2.45) is 11.7 Å². The molecular formula is C14H29N3O2. The first-order valence-electron chi connectivity index (χ1n) is 7.27. The normalized spacial score (nSPS) is 24.4. The zero-order valence-corrected chi connectivity index (χ0v) is 12.6. The molecule has 5 nitrogen and oxygen atoms in total. The average Bonchev–Trinajstić information content (AvgIpc) is 2.43. The summed E-state index contributed by atoms with van der Waals surface area (Å²) in [5.74, 6) is 0.824. The van der Waals surface area contributed by atoms with E-state index >= 15 is 0 Å². The Hall–Kier alpha value is -0.650. The van der Waals surface area contributed by atoms with E-state index in [1.54, 1.807) is 12.0 Å². The Balaban J connectivity index is 2.26. The molecule has 0 bridgehead atoms. The van der Waals surface area contributed by atoms with Crippen LogP contribution in [0.2, 0.25) is 0 Å². The summed E-state index contributed by atoms with van der Waals surface area (Å²) in [5.41, 5.74) is 5.45. The molecule has 2 atom stereocenters. The van der Waals surface area contributed by atoms with Gasteiger partial charge in [-0.15, -0.1) is 0 Å². The van der Waals surface area contributed by atoms with E-state index in [9.17, 15) is 4.79 Å². The van der Waals surface area contributed by atoms with Gasteiger partial charge in [0.1, 0.15) is 0 Å². The zero-order chi connectivity index (χ0) is 14.3. The van der Waals surface area contributed by atoms with Crippen LogP contribution in [-0.4, -0.2) is 68.7 Å². The van der Waals surface area contributed by atoms with Crippen LogP contribution in [0.1, 0.15) is 26.2 Å². The van der Waals surface area contributed by atoms with Gasteiger partial charge in [0.2, 0.25) is 5.91 Å². The van der Waals surface area contributed by atoms with Crippen molar-refractivity contribution >= 4 is 5.91 Å². The Kier molecular flexibility index (Phi) is 7.34. The van der Waals surface area contributed by atoms with Crippen molar-refractivity contribution < 1.29 is 9.53 Å². The number of hydrogen-bond donors (Lipinski definition) is 1. The highest BCUT2D eigenvalue weighted by molar-refractivity contribution is 5.76. The van der Waals surface area contributed by atoms with Gasteiger partial charge in [0.25, 0.3) is 0 Å². The van der Waals surface area contributed by atoms with E-state index in [2.05, 4.69) is 11.8 Å². The molecular weight excluding hydrogens is 242 g/mol. The number of likely N-dealkylation sites (tertiary alicyclic amines) is 1. The second-order valence-corrected chi connectivity index (χ2v) is 5.55. The summed E-state index contributed by atoms with van der Waals surface area (Å²) in [6.07, 6.45) is 2.91. The molecule has 0 aliphatic carbocycles. The molecule has 2 unspecified atom stereocenters. The molecule has 2 N–H and O–H groups in total. The minimum absolute atomic E-state index is 0.209. The number of carbonyl (C=O) groups excluding carboxylic acids is 1. The lowest BCUT2D eigenvalue weighted by Gasteiger charge is -2.36. The minimum Gasteiger partial charge on any atom is -0.380 e. The smallest absolute Gasteiger partial charge is 0.223 e. The van der Waals surface area contributed by atoms with Gasteiger partial charge in [-0.25, -0.2) is 0 Å². The molecule has 0 aromatic carbocycles. The summed E-state index contributed by atoms with van der Waals surface area (Å²) in [5, 5.41) is 0. The highest BCUT2D eigenvalue weighted by atomic mass is 16.5. The second-order valence-electron chi connectivity index (χ2n) is 5.55.